The summed E-state index contributed by atoms with van der Waals surface area (Å²) in [6.07, 6.45) is 0. The second kappa shape index (κ2) is 8.27. The molecule has 0 aliphatic carbocycles. The Morgan fingerprint density at radius 3 is 2.14 bits per heavy atom. The highest BCUT2D eigenvalue weighted by Crippen LogP contribution is 2.27. The van der Waals surface area contributed by atoms with Crippen LogP contribution in [0.4, 0.5) is 11.4 Å². The maximum atomic E-state index is 12.9. The first kappa shape index (κ1) is 20.9. The van der Waals surface area contributed by atoms with Crippen molar-refractivity contribution in [2.75, 3.05) is 10.0 Å². The number of halogens is 1. The van der Waals surface area contributed by atoms with Crippen LogP contribution in [0.3, 0.4) is 0 Å². The van der Waals surface area contributed by atoms with Gasteiger partial charge in [0, 0.05) is 11.3 Å². The van der Waals surface area contributed by atoms with Crippen LogP contribution in [0.1, 0.15) is 27.0 Å². The van der Waals surface area contributed by atoms with Gasteiger partial charge < -0.3 is 5.32 Å². The lowest BCUT2D eigenvalue weighted by atomic mass is 10.1. The Balaban J connectivity index is 1.93. The zero-order valence-corrected chi connectivity index (χ0v) is 17.9. The SMILES string of the molecule is Cc1ccccc1NS(=O)(=O)c1cc(C(=O)Nc2c(C)cccc2C)ccc1Cl. The van der Waals surface area contributed by atoms with Gasteiger partial charge in [-0.25, -0.2) is 8.42 Å². The van der Waals surface area contributed by atoms with E-state index in [2.05, 4.69) is 10.0 Å². The van der Waals surface area contributed by atoms with Gasteiger partial charge in [0.2, 0.25) is 0 Å². The normalized spacial score (nSPS) is 11.2. The number of benzene rings is 3. The lowest BCUT2D eigenvalue weighted by Gasteiger charge is -2.14. The van der Waals surface area contributed by atoms with Gasteiger partial charge in [-0.15, -0.1) is 0 Å². The summed E-state index contributed by atoms with van der Waals surface area (Å²) in [5.41, 5.74) is 3.96. The molecule has 0 atom stereocenters. The van der Waals surface area contributed by atoms with E-state index in [0.29, 0.717) is 11.4 Å². The van der Waals surface area contributed by atoms with Crippen LogP contribution in [0.25, 0.3) is 0 Å². The molecule has 1 amide bonds. The molecule has 0 bridgehead atoms. The third-order valence-corrected chi connectivity index (χ3v) is 6.44. The highest BCUT2D eigenvalue weighted by molar-refractivity contribution is 7.92. The molecule has 3 aromatic rings. The van der Waals surface area contributed by atoms with Gasteiger partial charge in [0.15, 0.2) is 0 Å². The van der Waals surface area contributed by atoms with E-state index in [-0.39, 0.29) is 15.5 Å². The van der Waals surface area contributed by atoms with Gasteiger partial charge in [-0.2, -0.15) is 0 Å². The van der Waals surface area contributed by atoms with Crippen LogP contribution < -0.4 is 10.0 Å². The topological polar surface area (TPSA) is 75.3 Å². The molecular weight excluding hydrogens is 408 g/mol. The van der Waals surface area contributed by atoms with Crippen molar-refractivity contribution in [3.8, 4) is 0 Å². The van der Waals surface area contributed by atoms with Gasteiger partial charge in [-0.1, -0.05) is 48.0 Å². The molecule has 29 heavy (non-hydrogen) atoms. The minimum atomic E-state index is -3.97. The number of carbonyl (C=O) groups is 1. The zero-order chi connectivity index (χ0) is 21.2. The molecule has 0 unspecified atom stereocenters. The summed E-state index contributed by atoms with van der Waals surface area (Å²) in [5, 5.41) is 2.89. The van der Waals surface area contributed by atoms with Crippen LogP contribution in [0.2, 0.25) is 5.02 Å². The first-order valence-corrected chi connectivity index (χ1v) is 10.8. The van der Waals surface area contributed by atoms with Crippen LogP contribution in [0.5, 0.6) is 0 Å². The number of para-hydroxylation sites is 2. The second-order valence-electron chi connectivity index (χ2n) is 6.79. The number of anilines is 2. The van der Waals surface area contributed by atoms with Crippen molar-refractivity contribution in [1.29, 1.82) is 0 Å². The molecule has 3 aromatic carbocycles. The highest BCUT2D eigenvalue weighted by Gasteiger charge is 2.21. The van der Waals surface area contributed by atoms with Crippen molar-refractivity contribution in [1.82, 2.24) is 0 Å². The molecule has 7 heteroatoms. The van der Waals surface area contributed by atoms with Crippen LogP contribution in [-0.4, -0.2) is 14.3 Å². The molecule has 0 spiro atoms. The molecular formula is C22H21ClN2O3S. The summed E-state index contributed by atoms with van der Waals surface area (Å²) in [5.74, 6) is -0.411. The average molecular weight is 429 g/mol. The Morgan fingerprint density at radius 1 is 0.862 bits per heavy atom. The standard InChI is InChI=1S/C22H21ClN2O3S/c1-14-7-4-5-10-19(14)25-29(27,28)20-13-17(11-12-18(20)23)22(26)24-21-15(2)8-6-9-16(21)3/h4-13,25H,1-3H3,(H,24,26). The van der Waals surface area contributed by atoms with Crippen molar-refractivity contribution < 1.29 is 13.2 Å². The lowest BCUT2D eigenvalue weighted by Crippen LogP contribution is -2.17. The van der Waals surface area contributed by atoms with Crippen molar-refractivity contribution in [2.45, 2.75) is 25.7 Å². The molecule has 0 fully saturated rings. The van der Waals surface area contributed by atoms with Crippen molar-refractivity contribution >= 4 is 38.9 Å². The number of hydrogen-bond donors (Lipinski definition) is 2. The van der Waals surface area contributed by atoms with E-state index in [1.807, 2.05) is 38.1 Å². The molecule has 0 saturated carbocycles. The maximum absolute atomic E-state index is 12.9. The number of amides is 1. The van der Waals surface area contributed by atoms with E-state index >= 15 is 0 Å². The molecule has 0 heterocycles. The Morgan fingerprint density at radius 2 is 1.48 bits per heavy atom. The largest absolute Gasteiger partial charge is 0.322 e. The van der Waals surface area contributed by atoms with E-state index in [1.165, 1.54) is 18.2 Å². The molecule has 0 aliphatic heterocycles. The summed E-state index contributed by atoms with van der Waals surface area (Å²) >= 11 is 6.15. The molecule has 150 valence electrons. The van der Waals surface area contributed by atoms with Gasteiger partial charge in [-0.05, 0) is 61.7 Å². The summed E-state index contributed by atoms with van der Waals surface area (Å²) in [7, 11) is -3.97. The second-order valence-corrected chi connectivity index (χ2v) is 8.84. The van der Waals surface area contributed by atoms with Gasteiger partial charge in [-0.3, -0.25) is 9.52 Å². The van der Waals surface area contributed by atoms with E-state index < -0.39 is 15.9 Å². The Bertz CT molecular complexity index is 1170. The van der Waals surface area contributed by atoms with Gasteiger partial charge >= 0.3 is 0 Å². The number of sulfonamides is 1. The average Bonchev–Trinajstić information content (AvgIpc) is 2.66. The van der Waals surface area contributed by atoms with Crippen LogP contribution >= 0.6 is 11.6 Å². The maximum Gasteiger partial charge on any atom is 0.263 e. The minimum absolute atomic E-state index is 0.0368. The highest BCUT2D eigenvalue weighted by atomic mass is 35.5. The first-order chi connectivity index (χ1) is 13.7. The molecule has 0 saturated heterocycles. The Hall–Kier alpha value is -2.83. The number of aryl methyl sites for hydroxylation is 3. The van der Waals surface area contributed by atoms with E-state index in [0.717, 1.165) is 16.7 Å². The number of rotatable bonds is 5. The number of carbonyl (C=O) groups excluding carboxylic acids is 1. The van der Waals surface area contributed by atoms with E-state index in [1.54, 1.807) is 25.1 Å². The monoisotopic (exact) mass is 428 g/mol. The molecule has 3 rings (SSSR count). The molecule has 0 aromatic heterocycles. The van der Waals surface area contributed by atoms with Crippen LogP contribution in [-0.2, 0) is 10.0 Å². The summed E-state index contributed by atoms with van der Waals surface area (Å²) < 4.78 is 28.3. The molecule has 5 nitrogen and oxygen atoms in total. The third kappa shape index (κ3) is 4.60. The summed E-state index contributed by atoms with van der Waals surface area (Å²) in [6, 6.07) is 16.9. The minimum Gasteiger partial charge on any atom is -0.322 e. The van der Waals surface area contributed by atoms with Crippen LogP contribution in [0.15, 0.2) is 65.6 Å². The van der Waals surface area contributed by atoms with Crippen molar-refractivity contribution in [3.63, 3.8) is 0 Å². The fourth-order valence-electron chi connectivity index (χ4n) is 2.94. The quantitative estimate of drug-likeness (QED) is 0.577. The van der Waals surface area contributed by atoms with Crippen molar-refractivity contribution in [2.24, 2.45) is 0 Å². The lowest BCUT2D eigenvalue weighted by molar-refractivity contribution is 0.102. The zero-order valence-electron chi connectivity index (χ0n) is 16.3. The fraction of sp³-hybridized carbons (Fsp3) is 0.136. The van der Waals surface area contributed by atoms with E-state index in [9.17, 15) is 13.2 Å². The summed E-state index contributed by atoms with van der Waals surface area (Å²) in [4.78, 5) is 12.6. The predicted molar refractivity (Wildman–Crippen MR) is 117 cm³/mol. The summed E-state index contributed by atoms with van der Waals surface area (Å²) in [6.45, 7) is 5.59. The molecule has 2 N–H and O–H groups in total. The Labute approximate surface area is 175 Å². The van der Waals surface area contributed by atoms with Gasteiger partial charge in [0.05, 0.1) is 10.7 Å². The van der Waals surface area contributed by atoms with E-state index in [4.69, 9.17) is 11.6 Å². The fourth-order valence-corrected chi connectivity index (χ4v) is 4.59. The molecule has 0 radical (unpaired) electrons. The van der Waals surface area contributed by atoms with Crippen molar-refractivity contribution in [3.05, 3.63) is 87.9 Å². The Kier molecular flexibility index (Phi) is 5.96. The predicted octanol–water partition coefficient (Wildman–Crippen LogP) is 5.32. The first-order valence-electron chi connectivity index (χ1n) is 8.94. The van der Waals surface area contributed by atoms with Crippen LogP contribution in [0, 0.1) is 20.8 Å². The third-order valence-electron chi connectivity index (χ3n) is 4.59. The number of nitrogens with one attached hydrogen (secondary N) is 2. The van der Waals surface area contributed by atoms with Gasteiger partial charge in [0.1, 0.15) is 4.90 Å². The number of hydrogen-bond acceptors (Lipinski definition) is 3. The molecule has 0 aliphatic rings. The van der Waals surface area contributed by atoms with Gasteiger partial charge in [0.25, 0.3) is 15.9 Å². The smallest absolute Gasteiger partial charge is 0.263 e.